The predicted octanol–water partition coefficient (Wildman–Crippen LogP) is 4.64. The molecule has 6 nitrogen and oxygen atoms in total. The second-order valence-electron chi connectivity index (χ2n) is 6.96. The van der Waals surface area contributed by atoms with Crippen LogP contribution >= 0.6 is 15.9 Å². The van der Waals surface area contributed by atoms with Crippen LogP contribution in [0.25, 0.3) is 33.1 Å². The first-order chi connectivity index (χ1) is 14.0. The molecular formula is C22H13BrO6. The first-order valence-electron chi connectivity index (χ1n) is 9.01. The van der Waals surface area contributed by atoms with Crippen molar-refractivity contribution < 1.29 is 18.4 Å². The van der Waals surface area contributed by atoms with Crippen LogP contribution in [0.5, 0.6) is 5.75 Å². The molecule has 2 heterocycles. The SMILES string of the molecule is O=C(Oc1ccc2c(-c3cc4cc(Br)ccc4oc3=O)cc(=O)oc2c1)C1CC1. The van der Waals surface area contributed by atoms with Crippen molar-refractivity contribution >= 4 is 43.8 Å². The van der Waals surface area contributed by atoms with Crippen LogP contribution in [0, 0.1) is 5.92 Å². The van der Waals surface area contributed by atoms with Crippen LogP contribution < -0.4 is 16.0 Å². The van der Waals surface area contributed by atoms with Crippen molar-refractivity contribution in [2.75, 3.05) is 0 Å². The minimum Gasteiger partial charge on any atom is -0.426 e. The third kappa shape index (κ3) is 3.38. The Balaban J connectivity index is 1.67. The number of benzene rings is 2. The molecule has 0 saturated heterocycles. The average molecular weight is 453 g/mol. The van der Waals surface area contributed by atoms with Crippen molar-refractivity contribution in [1.82, 2.24) is 0 Å². The number of carbonyl (C=O) groups excluding carboxylic acids is 1. The standard InChI is InChI=1S/C22H13BrO6/c23-13-3-6-18-12(7-13)8-17(22(26)29-18)16-10-20(24)28-19-9-14(4-5-15(16)19)27-21(25)11-1-2-11/h3-11H,1-2H2. The van der Waals surface area contributed by atoms with Gasteiger partial charge < -0.3 is 13.6 Å². The van der Waals surface area contributed by atoms with Crippen LogP contribution in [0.15, 0.2) is 71.4 Å². The summed E-state index contributed by atoms with van der Waals surface area (Å²) >= 11 is 3.40. The maximum atomic E-state index is 12.6. The Bertz CT molecular complexity index is 1410. The van der Waals surface area contributed by atoms with E-state index in [2.05, 4.69) is 15.9 Å². The third-order valence-electron chi connectivity index (χ3n) is 4.83. The van der Waals surface area contributed by atoms with E-state index in [-0.39, 0.29) is 23.0 Å². The lowest BCUT2D eigenvalue weighted by Crippen LogP contribution is -2.10. The highest BCUT2D eigenvalue weighted by atomic mass is 79.9. The van der Waals surface area contributed by atoms with Gasteiger partial charge in [-0.3, -0.25) is 4.79 Å². The monoisotopic (exact) mass is 452 g/mol. The molecule has 2 aromatic carbocycles. The molecule has 0 aliphatic heterocycles. The van der Waals surface area contributed by atoms with Gasteiger partial charge in [0.25, 0.3) is 0 Å². The number of fused-ring (bicyclic) bond motifs is 2. The summed E-state index contributed by atoms with van der Waals surface area (Å²) in [7, 11) is 0. The summed E-state index contributed by atoms with van der Waals surface area (Å²) in [6.07, 6.45) is 1.67. The Morgan fingerprint density at radius 1 is 0.931 bits per heavy atom. The van der Waals surface area contributed by atoms with Crippen molar-refractivity contribution in [2.24, 2.45) is 5.92 Å². The zero-order valence-electron chi connectivity index (χ0n) is 14.9. The van der Waals surface area contributed by atoms with Gasteiger partial charge in [-0.15, -0.1) is 0 Å². The fraction of sp³-hybridized carbons (Fsp3) is 0.136. The van der Waals surface area contributed by atoms with Crippen molar-refractivity contribution in [3.8, 4) is 16.9 Å². The summed E-state index contributed by atoms with van der Waals surface area (Å²) < 4.78 is 16.9. The number of hydrogen-bond donors (Lipinski definition) is 0. The molecule has 0 bridgehead atoms. The molecule has 0 radical (unpaired) electrons. The molecule has 2 aromatic heterocycles. The molecule has 0 spiro atoms. The molecule has 1 fully saturated rings. The van der Waals surface area contributed by atoms with Gasteiger partial charge in [-0.25, -0.2) is 9.59 Å². The summed E-state index contributed by atoms with van der Waals surface area (Å²) in [5.74, 6) is -0.0432. The molecule has 5 rings (SSSR count). The maximum Gasteiger partial charge on any atom is 0.344 e. The zero-order valence-corrected chi connectivity index (χ0v) is 16.5. The number of carbonyl (C=O) groups is 1. The summed E-state index contributed by atoms with van der Waals surface area (Å²) in [6.45, 7) is 0. The maximum absolute atomic E-state index is 12.6. The molecule has 7 heteroatoms. The van der Waals surface area contributed by atoms with Gasteiger partial charge in [-0.05, 0) is 49.2 Å². The molecular weight excluding hydrogens is 440 g/mol. The zero-order chi connectivity index (χ0) is 20.1. The van der Waals surface area contributed by atoms with Crippen molar-refractivity contribution in [2.45, 2.75) is 12.8 Å². The summed E-state index contributed by atoms with van der Waals surface area (Å²) in [5.41, 5.74) is 0.136. The fourth-order valence-electron chi connectivity index (χ4n) is 3.23. The van der Waals surface area contributed by atoms with Gasteiger partial charge >= 0.3 is 17.2 Å². The Morgan fingerprint density at radius 3 is 2.55 bits per heavy atom. The van der Waals surface area contributed by atoms with Gasteiger partial charge in [0.2, 0.25) is 0 Å². The summed E-state index contributed by atoms with van der Waals surface area (Å²) in [4.78, 5) is 36.6. The highest BCUT2D eigenvalue weighted by molar-refractivity contribution is 9.10. The smallest absolute Gasteiger partial charge is 0.344 e. The largest absolute Gasteiger partial charge is 0.426 e. The van der Waals surface area contributed by atoms with E-state index in [9.17, 15) is 14.4 Å². The van der Waals surface area contributed by atoms with Crippen LogP contribution in [0.1, 0.15) is 12.8 Å². The van der Waals surface area contributed by atoms with Gasteiger partial charge in [0.05, 0.1) is 11.5 Å². The molecule has 29 heavy (non-hydrogen) atoms. The quantitative estimate of drug-likeness (QED) is 0.255. The van der Waals surface area contributed by atoms with E-state index in [4.69, 9.17) is 13.6 Å². The van der Waals surface area contributed by atoms with E-state index in [0.29, 0.717) is 27.7 Å². The molecule has 4 aromatic rings. The third-order valence-corrected chi connectivity index (χ3v) is 5.32. The number of ether oxygens (including phenoxy) is 1. The van der Waals surface area contributed by atoms with Gasteiger partial charge in [0, 0.05) is 32.9 Å². The normalized spacial score (nSPS) is 13.7. The van der Waals surface area contributed by atoms with E-state index in [0.717, 1.165) is 17.3 Å². The average Bonchev–Trinajstić information content (AvgIpc) is 3.52. The fourth-order valence-corrected chi connectivity index (χ4v) is 3.61. The lowest BCUT2D eigenvalue weighted by molar-refractivity contribution is -0.135. The van der Waals surface area contributed by atoms with Crippen molar-refractivity contribution in [1.29, 1.82) is 0 Å². The second kappa shape index (κ2) is 6.70. The van der Waals surface area contributed by atoms with Crippen molar-refractivity contribution in [3.63, 3.8) is 0 Å². The number of rotatable bonds is 3. The second-order valence-corrected chi connectivity index (χ2v) is 7.88. The highest BCUT2D eigenvalue weighted by Gasteiger charge is 2.31. The molecule has 0 atom stereocenters. The van der Waals surface area contributed by atoms with E-state index in [1.165, 1.54) is 12.1 Å². The predicted molar refractivity (Wildman–Crippen MR) is 110 cm³/mol. The van der Waals surface area contributed by atoms with Gasteiger partial charge in [0.1, 0.15) is 16.9 Å². The Morgan fingerprint density at radius 2 is 1.76 bits per heavy atom. The minimum absolute atomic E-state index is 0.0504. The topological polar surface area (TPSA) is 86.7 Å². The van der Waals surface area contributed by atoms with Crippen LogP contribution in [0.4, 0.5) is 0 Å². The van der Waals surface area contributed by atoms with Crippen LogP contribution in [0.3, 0.4) is 0 Å². The first kappa shape index (κ1) is 17.9. The minimum atomic E-state index is -0.619. The summed E-state index contributed by atoms with van der Waals surface area (Å²) in [5, 5.41) is 1.25. The Labute approximate surface area is 171 Å². The van der Waals surface area contributed by atoms with E-state index in [1.807, 2.05) is 6.07 Å². The number of halogens is 1. The van der Waals surface area contributed by atoms with Gasteiger partial charge in [-0.2, -0.15) is 0 Å². The number of esters is 1. The molecule has 1 aliphatic carbocycles. The van der Waals surface area contributed by atoms with Crippen LogP contribution in [-0.2, 0) is 4.79 Å². The summed E-state index contributed by atoms with van der Waals surface area (Å²) in [6, 6.07) is 13.0. The van der Waals surface area contributed by atoms with E-state index >= 15 is 0 Å². The van der Waals surface area contributed by atoms with Crippen molar-refractivity contribution in [3.05, 3.63) is 73.8 Å². The Hall–Kier alpha value is -3.19. The number of hydrogen-bond acceptors (Lipinski definition) is 6. The molecule has 0 amide bonds. The van der Waals surface area contributed by atoms with Crippen LogP contribution in [-0.4, -0.2) is 5.97 Å². The lowest BCUT2D eigenvalue weighted by Gasteiger charge is -2.08. The van der Waals surface area contributed by atoms with E-state index < -0.39 is 11.3 Å². The first-order valence-corrected chi connectivity index (χ1v) is 9.81. The van der Waals surface area contributed by atoms with Crippen LogP contribution in [0.2, 0.25) is 0 Å². The molecule has 0 N–H and O–H groups in total. The molecule has 1 aliphatic rings. The highest BCUT2D eigenvalue weighted by Crippen LogP contribution is 2.33. The Kier molecular flexibility index (Phi) is 4.13. The molecule has 1 saturated carbocycles. The molecule has 144 valence electrons. The lowest BCUT2D eigenvalue weighted by atomic mass is 10.0. The molecule has 0 unspecified atom stereocenters. The van der Waals surface area contributed by atoms with Gasteiger partial charge in [-0.1, -0.05) is 15.9 Å². The van der Waals surface area contributed by atoms with Gasteiger partial charge in [0.15, 0.2) is 0 Å². The van der Waals surface area contributed by atoms with E-state index in [1.54, 1.807) is 30.3 Å².